The van der Waals surface area contributed by atoms with E-state index < -0.39 is 0 Å². The standard InChI is InChI=1S/C22H30N2O3/c1-16(2)8-4-5-9-17-14-19(12-13-21(17)27-3)24-22(26)23-15-18-10-6-7-11-20(18)25/h6-7,10-14,16,25H,4-5,8-9,15H2,1-3H3,(H2,23,24,26). The summed E-state index contributed by atoms with van der Waals surface area (Å²) >= 11 is 0. The number of benzene rings is 2. The summed E-state index contributed by atoms with van der Waals surface area (Å²) in [5.74, 6) is 1.73. The van der Waals surface area contributed by atoms with Crippen LogP contribution < -0.4 is 15.4 Å². The van der Waals surface area contributed by atoms with Crippen molar-refractivity contribution < 1.29 is 14.6 Å². The van der Waals surface area contributed by atoms with Crippen LogP contribution in [0.15, 0.2) is 42.5 Å². The van der Waals surface area contributed by atoms with Crippen molar-refractivity contribution in [1.29, 1.82) is 0 Å². The maximum atomic E-state index is 12.2. The average molecular weight is 370 g/mol. The first-order valence-corrected chi connectivity index (χ1v) is 9.48. The summed E-state index contributed by atoms with van der Waals surface area (Å²) < 4.78 is 5.45. The third-order valence-corrected chi connectivity index (χ3v) is 4.45. The molecule has 5 heteroatoms. The Hall–Kier alpha value is -2.69. The van der Waals surface area contributed by atoms with E-state index in [0.717, 1.165) is 29.8 Å². The predicted molar refractivity (Wildman–Crippen MR) is 109 cm³/mol. The van der Waals surface area contributed by atoms with E-state index >= 15 is 0 Å². The normalized spacial score (nSPS) is 10.7. The summed E-state index contributed by atoms with van der Waals surface area (Å²) in [5, 5.41) is 15.4. The topological polar surface area (TPSA) is 70.6 Å². The summed E-state index contributed by atoms with van der Waals surface area (Å²) in [6.45, 7) is 4.73. The Morgan fingerprint density at radius 2 is 1.89 bits per heavy atom. The third kappa shape index (κ3) is 6.85. The molecule has 3 N–H and O–H groups in total. The number of urea groups is 1. The van der Waals surface area contributed by atoms with Crippen LogP contribution in [0.25, 0.3) is 0 Å². The molecule has 0 saturated carbocycles. The molecule has 2 aromatic rings. The number of hydrogen-bond acceptors (Lipinski definition) is 3. The van der Waals surface area contributed by atoms with Gasteiger partial charge >= 0.3 is 6.03 Å². The van der Waals surface area contributed by atoms with Gasteiger partial charge in [-0.3, -0.25) is 0 Å². The van der Waals surface area contributed by atoms with E-state index in [1.54, 1.807) is 25.3 Å². The second-order valence-corrected chi connectivity index (χ2v) is 7.10. The number of carbonyl (C=O) groups is 1. The molecular weight excluding hydrogens is 340 g/mol. The highest BCUT2D eigenvalue weighted by Gasteiger charge is 2.08. The van der Waals surface area contributed by atoms with Gasteiger partial charge in [0.2, 0.25) is 0 Å². The zero-order valence-corrected chi connectivity index (χ0v) is 16.4. The Kier molecular flexibility index (Phi) is 7.99. The maximum absolute atomic E-state index is 12.2. The van der Waals surface area contributed by atoms with E-state index in [4.69, 9.17) is 4.74 Å². The Balaban J connectivity index is 1.92. The Morgan fingerprint density at radius 1 is 1.11 bits per heavy atom. The zero-order valence-electron chi connectivity index (χ0n) is 16.4. The summed E-state index contributed by atoms with van der Waals surface area (Å²) in [4.78, 5) is 12.2. The Bertz CT molecular complexity index is 744. The van der Waals surface area contributed by atoms with Gasteiger partial charge in [-0.2, -0.15) is 0 Å². The number of para-hydroxylation sites is 1. The highest BCUT2D eigenvalue weighted by Crippen LogP contribution is 2.25. The lowest BCUT2D eigenvalue weighted by Crippen LogP contribution is -2.28. The largest absolute Gasteiger partial charge is 0.508 e. The van der Waals surface area contributed by atoms with E-state index in [9.17, 15) is 9.90 Å². The van der Waals surface area contributed by atoms with Gasteiger partial charge in [-0.15, -0.1) is 0 Å². The second-order valence-electron chi connectivity index (χ2n) is 7.10. The molecule has 0 fully saturated rings. The molecule has 0 aliphatic heterocycles. The van der Waals surface area contributed by atoms with Gasteiger partial charge in [-0.25, -0.2) is 4.79 Å². The zero-order chi connectivity index (χ0) is 19.6. The van der Waals surface area contributed by atoms with E-state index in [2.05, 4.69) is 24.5 Å². The summed E-state index contributed by atoms with van der Waals surface area (Å²) in [7, 11) is 1.67. The van der Waals surface area contributed by atoms with Crippen LogP contribution in [0.4, 0.5) is 10.5 Å². The van der Waals surface area contributed by atoms with Crippen molar-refractivity contribution in [3.63, 3.8) is 0 Å². The molecule has 27 heavy (non-hydrogen) atoms. The third-order valence-electron chi connectivity index (χ3n) is 4.45. The Labute approximate surface area is 161 Å². The smallest absolute Gasteiger partial charge is 0.319 e. The first kappa shape index (κ1) is 20.6. The molecule has 0 spiro atoms. The minimum absolute atomic E-state index is 0.172. The molecule has 0 saturated heterocycles. The number of hydrogen-bond donors (Lipinski definition) is 3. The van der Waals surface area contributed by atoms with E-state index in [1.165, 1.54) is 12.8 Å². The van der Waals surface area contributed by atoms with Gasteiger partial charge in [0.15, 0.2) is 0 Å². The van der Waals surface area contributed by atoms with Crippen molar-refractivity contribution in [3.05, 3.63) is 53.6 Å². The van der Waals surface area contributed by atoms with Gasteiger partial charge < -0.3 is 20.5 Å². The number of amides is 2. The first-order chi connectivity index (χ1) is 13.0. The Morgan fingerprint density at radius 3 is 2.59 bits per heavy atom. The van der Waals surface area contributed by atoms with Crippen molar-refractivity contribution in [2.45, 2.75) is 46.1 Å². The van der Waals surface area contributed by atoms with Gasteiger partial charge in [0.25, 0.3) is 0 Å². The molecular formula is C22H30N2O3. The number of anilines is 1. The van der Waals surface area contributed by atoms with Crippen molar-refractivity contribution in [2.75, 3.05) is 12.4 Å². The number of carbonyl (C=O) groups excluding carboxylic acids is 1. The molecule has 2 rings (SSSR count). The minimum Gasteiger partial charge on any atom is -0.508 e. The number of rotatable bonds is 9. The number of methoxy groups -OCH3 is 1. The van der Waals surface area contributed by atoms with Crippen molar-refractivity contribution in [2.24, 2.45) is 5.92 Å². The monoisotopic (exact) mass is 370 g/mol. The summed E-state index contributed by atoms with van der Waals surface area (Å²) in [6, 6.07) is 12.3. The molecule has 0 heterocycles. The van der Waals surface area contributed by atoms with E-state index in [0.29, 0.717) is 11.5 Å². The molecule has 0 aromatic heterocycles. The van der Waals surface area contributed by atoms with Crippen LogP contribution in [0, 0.1) is 5.92 Å². The molecule has 0 bridgehead atoms. The van der Waals surface area contributed by atoms with Crippen molar-refractivity contribution in [1.82, 2.24) is 5.32 Å². The lowest BCUT2D eigenvalue weighted by molar-refractivity contribution is 0.251. The van der Waals surface area contributed by atoms with Crippen LogP contribution in [0.3, 0.4) is 0 Å². The van der Waals surface area contributed by atoms with E-state index in [1.807, 2.05) is 24.3 Å². The SMILES string of the molecule is COc1ccc(NC(=O)NCc2ccccc2O)cc1CCCCC(C)C. The number of phenols is 1. The molecule has 0 atom stereocenters. The number of aromatic hydroxyl groups is 1. The molecule has 0 radical (unpaired) electrons. The second kappa shape index (κ2) is 10.5. The highest BCUT2D eigenvalue weighted by molar-refractivity contribution is 5.89. The van der Waals surface area contributed by atoms with Crippen LogP contribution in [-0.4, -0.2) is 18.2 Å². The molecule has 2 amide bonds. The number of ether oxygens (including phenoxy) is 1. The molecule has 2 aromatic carbocycles. The first-order valence-electron chi connectivity index (χ1n) is 9.48. The average Bonchev–Trinajstić information content (AvgIpc) is 2.64. The van der Waals surface area contributed by atoms with Gasteiger partial charge in [-0.1, -0.05) is 44.9 Å². The molecule has 0 aliphatic rings. The number of nitrogens with one attached hydrogen (secondary N) is 2. The quantitative estimate of drug-likeness (QED) is 0.538. The summed E-state index contributed by atoms with van der Waals surface area (Å²) in [6.07, 6.45) is 4.41. The maximum Gasteiger partial charge on any atom is 0.319 e. The van der Waals surface area contributed by atoms with Gasteiger partial charge in [0.1, 0.15) is 11.5 Å². The summed E-state index contributed by atoms with van der Waals surface area (Å²) in [5.41, 5.74) is 2.50. The van der Waals surface area contributed by atoms with Crippen LogP contribution in [-0.2, 0) is 13.0 Å². The predicted octanol–water partition coefficient (Wildman–Crippen LogP) is 5.09. The number of phenolic OH excluding ortho intramolecular Hbond substituents is 1. The van der Waals surface area contributed by atoms with Gasteiger partial charge in [-0.05, 0) is 48.6 Å². The lowest BCUT2D eigenvalue weighted by atomic mass is 10.0. The fraction of sp³-hybridized carbons (Fsp3) is 0.409. The van der Waals surface area contributed by atoms with E-state index in [-0.39, 0.29) is 18.3 Å². The van der Waals surface area contributed by atoms with Crippen LogP contribution in [0.1, 0.15) is 44.2 Å². The van der Waals surface area contributed by atoms with Crippen molar-refractivity contribution in [3.8, 4) is 11.5 Å². The number of aryl methyl sites for hydroxylation is 1. The van der Waals surface area contributed by atoms with Crippen LogP contribution in [0.2, 0.25) is 0 Å². The lowest BCUT2D eigenvalue weighted by Gasteiger charge is -2.13. The fourth-order valence-corrected chi connectivity index (χ4v) is 2.93. The van der Waals surface area contributed by atoms with Crippen LogP contribution >= 0.6 is 0 Å². The fourth-order valence-electron chi connectivity index (χ4n) is 2.93. The van der Waals surface area contributed by atoms with Crippen molar-refractivity contribution >= 4 is 11.7 Å². The van der Waals surface area contributed by atoms with Gasteiger partial charge in [0.05, 0.1) is 7.11 Å². The molecule has 146 valence electrons. The van der Waals surface area contributed by atoms with Crippen LogP contribution in [0.5, 0.6) is 11.5 Å². The molecule has 0 aliphatic carbocycles. The highest BCUT2D eigenvalue weighted by atomic mass is 16.5. The minimum atomic E-state index is -0.311. The molecule has 0 unspecified atom stereocenters. The van der Waals surface area contributed by atoms with Gasteiger partial charge in [0, 0.05) is 17.8 Å². The number of unbranched alkanes of at least 4 members (excludes halogenated alkanes) is 1. The molecule has 5 nitrogen and oxygen atoms in total.